The van der Waals surface area contributed by atoms with Gasteiger partial charge in [0.1, 0.15) is 5.75 Å². The van der Waals surface area contributed by atoms with E-state index in [-0.39, 0.29) is 11.0 Å². The van der Waals surface area contributed by atoms with Crippen LogP contribution in [0.25, 0.3) is 0 Å². The fourth-order valence-corrected chi connectivity index (χ4v) is 1.66. The van der Waals surface area contributed by atoms with Gasteiger partial charge < -0.3 is 9.47 Å². The highest BCUT2D eigenvalue weighted by Gasteiger charge is 2.33. The Morgan fingerprint density at radius 3 is 2.39 bits per heavy atom. The van der Waals surface area contributed by atoms with Crippen LogP contribution >= 0.6 is 15.9 Å². The van der Waals surface area contributed by atoms with Crippen LogP contribution in [0.5, 0.6) is 11.6 Å². The van der Waals surface area contributed by atoms with Crippen molar-refractivity contribution in [1.82, 2.24) is 4.98 Å². The molecule has 18 heavy (non-hydrogen) atoms. The van der Waals surface area contributed by atoms with Crippen molar-refractivity contribution in [3.8, 4) is 11.6 Å². The van der Waals surface area contributed by atoms with Crippen molar-refractivity contribution in [1.29, 1.82) is 0 Å². The van der Waals surface area contributed by atoms with Crippen LogP contribution in [0, 0.1) is 0 Å². The van der Waals surface area contributed by atoms with E-state index in [9.17, 15) is 22.0 Å². The molecule has 0 aliphatic carbocycles. The number of aromatic nitrogens is 1. The molecule has 0 unspecified atom stereocenters. The Hall–Kier alpha value is -1.12. The van der Waals surface area contributed by atoms with E-state index < -0.39 is 30.0 Å². The standard InChI is InChI=1S/C9H7BrF5NO2/c1-17-5-2-6(18-9(13,14)15)16-4(3-10)7(5)8(11)12/h2,8H,3H2,1H3. The molecule has 0 saturated carbocycles. The Labute approximate surface area is 107 Å². The van der Waals surface area contributed by atoms with Crippen LogP contribution in [0.15, 0.2) is 6.07 Å². The van der Waals surface area contributed by atoms with Gasteiger partial charge in [0, 0.05) is 11.4 Å². The van der Waals surface area contributed by atoms with Crippen molar-refractivity contribution in [2.24, 2.45) is 0 Å². The Balaban J connectivity index is 3.26. The molecule has 1 rings (SSSR count). The minimum absolute atomic E-state index is 0.155. The number of pyridine rings is 1. The van der Waals surface area contributed by atoms with E-state index in [1.807, 2.05) is 0 Å². The third-order valence-corrected chi connectivity index (χ3v) is 2.39. The summed E-state index contributed by atoms with van der Waals surface area (Å²) in [6, 6.07) is 0.668. The number of methoxy groups -OCH3 is 1. The monoisotopic (exact) mass is 335 g/mol. The Morgan fingerprint density at radius 2 is 2.00 bits per heavy atom. The highest BCUT2D eigenvalue weighted by molar-refractivity contribution is 9.08. The molecule has 1 heterocycles. The SMILES string of the molecule is COc1cc(OC(F)(F)F)nc(CBr)c1C(F)F. The summed E-state index contributed by atoms with van der Waals surface area (Å²) in [5.41, 5.74) is -0.840. The lowest BCUT2D eigenvalue weighted by molar-refractivity contribution is -0.276. The van der Waals surface area contributed by atoms with Gasteiger partial charge in [-0.3, -0.25) is 0 Å². The lowest BCUT2D eigenvalue weighted by Gasteiger charge is -2.14. The van der Waals surface area contributed by atoms with Crippen LogP contribution in [-0.2, 0) is 5.33 Å². The molecule has 0 spiro atoms. The molecule has 0 amide bonds. The molecule has 0 N–H and O–H groups in total. The van der Waals surface area contributed by atoms with Gasteiger partial charge in [0.2, 0.25) is 5.88 Å². The van der Waals surface area contributed by atoms with Gasteiger partial charge in [0.15, 0.2) is 0 Å². The molecule has 1 aromatic rings. The van der Waals surface area contributed by atoms with Gasteiger partial charge in [-0.2, -0.15) is 0 Å². The average molecular weight is 336 g/mol. The van der Waals surface area contributed by atoms with Crippen LogP contribution in [0.3, 0.4) is 0 Å². The van der Waals surface area contributed by atoms with Crippen LogP contribution in [0.1, 0.15) is 17.7 Å². The summed E-state index contributed by atoms with van der Waals surface area (Å²) < 4.78 is 69.7. The number of rotatable bonds is 4. The number of nitrogens with zero attached hydrogens (tertiary/aromatic N) is 1. The van der Waals surface area contributed by atoms with E-state index in [4.69, 9.17) is 0 Å². The first-order chi connectivity index (χ1) is 8.28. The average Bonchev–Trinajstić information content (AvgIpc) is 2.24. The zero-order valence-electron chi connectivity index (χ0n) is 8.89. The lowest BCUT2D eigenvalue weighted by atomic mass is 10.2. The van der Waals surface area contributed by atoms with E-state index in [2.05, 4.69) is 30.4 Å². The maximum absolute atomic E-state index is 12.7. The number of alkyl halides is 6. The lowest BCUT2D eigenvalue weighted by Crippen LogP contribution is -2.18. The molecule has 0 aliphatic rings. The minimum Gasteiger partial charge on any atom is -0.496 e. The smallest absolute Gasteiger partial charge is 0.496 e. The summed E-state index contributed by atoms with van der Waals surface area (Å²) in [5.74, 6) is -1.26. The summed E-state index contributed by atoms with van der Waals surface area (Å²) in [5, 5.41) is -0.155. The summed E-state index contributed by atoms with van der Waals surface area (Å²) in [4.78, 5) is 3.36. The number of halogens is 6. The second-order valence-electron chi connectivity index (χ2n) is 3.01. The quantitative estimate of drug-likeness (QED) is 0.619. The largest absolute Gasteiger partial charge is 0.574 e. The van der Waals surface area contributed by atoms with Crippen LogP contribution in [0.2, 0.25) is 0 Å². The minimum atomic E-state index is -4.95. The Bertz CT molecular complexity index is 399. The van der Waals surface area contributed by atoms with Gasteiger partial charge >= 0.3 is 6.36 Å². The molecule has 9 heteroatoms. The number of ether oxygens (including phenoxy) is 2. The van der Waals surface area contributed by atoms with Crippen molar-refractivity contribution in [2.75, 3.05) is 7.11 Å². The molecule has 0 saturated heterocycles. The first-order valence-electron chi connectivity index (χ1n) is 4.46. The molecule has 1 aromatic heterocycles. The molecule has 3 nitrogen and oxygen atoms in total. The molecule has 0 fully saturated rings. The molecular formula is C9H7BrF5NO2. The third kappa shape index (κ3) is 3.69. The first-order valence-corrected chi connectivity index (χ1v) is 5.58. The van der Waals surface area contributed by atoms with Gasteiger partial charge in [0.05, 0.1) is 18.4 Å². The third-order valence-electron chi connectivity index (χ3n) is 1.86. The predicted octanol–water partition coefficient (Wildman–Crippen LogP) is 3.82. The zero-order chi connectivity index (χ0) is 13.9. The zero-order valence-corrected chi connectivity index (χ0v) is 10.5. The van der Waals surface area contributed by atoms with Crippen molar-refractivity contribution in [3.63, 3.8) is 0 Å². The van der Waals surface area contributed by atoms with Crippen LogP contribution in [-0.4, -0.2) is 18.5 Å². The maximum Gasteiger partial charge on any atom is 0.574 e. The fourth-order valence-electron chi connectivity index (χ4n) is 1.23. The van der Waals surface area contributed by atoms with Crippen molar-refractivity contribution in [2.45, 2.75) is 18.1 Å². The predicted molar refractivity (Wildman–Crippen MR) is 55.1 cm³/mol. The maximum atomic E-state index is 12.7. The normalized spacial score (nSPS) is 11.8. The topological polar surface area (TPSA) is 31.4 Å². The number of hydrogen-bond acceptors (Lipinski definition) is 3. The molecule has 0 atom stereocenters. The molecule has 102 valence electrons. The summed E-state index contributed by atoms with van der Waals surface area (Å²) in [6.07, 6.45) is -7.87. The van der Waals surface area contributed by atoms with E-state index in [1.54, 1.807) is 0 Å². The molecule has 0 aliphatic heterocycles. The van der Waals surface area contributed by atoms with Gasteiger partial charge in [-0.05, 0) is 0 Å². The van der Waals surface area contributed by atoms with E-state index in [1.165, 1.54) is 0 Å². The summed E-state index contributed by atoms with van der Waals surface area (Å²) in [7, 11) is 1.07. The van der Waals surface area contributed by atoms with E-state index in [0.717, 1.165) is 7.11 Å². The van der Waals surface area contributed by atoms with E-state index >= 15 is 0 Å². The van der Waals surface area contributed by atoms with Crippen molar-refractivity contribution in [3.05, 3.63) is 17.3 Å². The molecule has 0 bridgehead atoms. The van der Waals surface area contributed by atoms with Gasteiger partial charge in [-0.15, -0.1) is 13.2 Å². The van der Waals surface area contributed by atoms with Gasteiger partial charge in [0.25, 0.3) is 6.43 Å². The number of hydrogen-bond donors (Lipinski definition) is 0. The molecule has 0 radical (unpaired) electrons. The van der Waals surface area contributed by atoms with Gasteiger partial charge in [-0.1, -0.05) is 15.9 Å². The van der Waals surface area contributed by atoms with Crippen molar-refractivity contribution >= 4 is 15.9 Å². The highest BCUT2D eigenvalue weighted by atomic mass is 79.9. The second-order valence-corrected chi connectivity index (χ2v) is 3.57. The second kappa shape index (κ2) is 5.68. The molecular weight excluding hydrogens is 329 g/mol. The molecule has 0 aromatic carbocycles. The summed E-state index contributed by atoms with van der Waals surface area (Å²) >= 11 is 2.87. The van der Waals surface area contributed by atoms with E-state index in [0.29, 0.717) is 6.07 Å². The Morgan fingerprint density at radius 1 is 1.39 bits per heavy atom. The Kier molecular flexibility index (Phi) is 4.71. The van der Waals surface area contributed by atoms with Crippen molar-refractivity contribution < 1.29 is 31.4 Å². The van der Waals surface area contributed by atoms with Gasteiger partial charge in [-0.25, -0.2) is 13.8 Å². The highest BCUT2D eigenvalue weighted by Crippen LogP contribution is 2.36. The first kappa shape index (κ1) is 14.9. The van der Waals surface area contributed by atoms with Crippen LogP contribution < -0.4 is 9.47 Å². The summed E-state index contributed by atoms with van der Waals surface area (Å²) in [6.45, 7) is 0. The fraction of sp³-hybridized carbons (Fsp3) is 0.444. The van der Waals surface area contributed by atoms with Crippen LogP contribution in [0.4, 0.5) is 22.0 Å².